The van der Waals surface area contributed by atoms with Crippen molar-refractivity contribution in [1.82, 2.24) is 0 Å². The minimum absolute atomic E-state index is 0.102. The minimum atomic E-state index is -4.94. The van der Waals surface area contributed by atoms with Crippen LogP contribution in [0.4, 0.5) is 0 Å². The van der Waals surface area contributed by atoms with Crippen LogP contribution in [-0.2, 0) is 65.4 Å². The zero-order chi connectivity index (χ0) is 61.7. The molecule has 0 spiro atoms. The summed E-state index contributed by atoms with van der Waals surface area (Å²) >= 11 is 0. The first kappa shape index (κ1) is 81.1. The third-order valence-corrected chi connectivity index (χ3v) is 16.5. The molecule has 83 heavy (non-hydrogen) atoms. The van der Waals surface area contributed by atoms with E-state index in [2.05, 4.69) is 48.5 Å². The molecule has 0 aromatic carbocycles. The molecule has 0 fully saturated rings. The number of aliphatic hydroxyl groups is 1. The summed E-state index contributed by atoms with van der Waals surface area (Å²) in [5.74, 6) is 0.0102. The van der Waals surface area contributed by atoms with Crippen LogP contribution in [0.25, 0.3) is 0 Å². The predicted octanol–water partition coefficient (Wildman–Crippen LogP) is 17.5. The van der Waals surface area contributed by atoms with E-state index in [1.807, 2.05) is 0 Å². The van der Waals surface area contributed by atoms with Crippen molar-refractivity contribution < 1.29 is 80.2 Å². The molecule has 0 aromatic heterocycles. The maximum absolute atomic E-state index is 13.0. The summed E-state index contributed by atoms with van der Waals surface area (Å²) in [4.78, 5) is 72.1. The normalized spacial score (nSPS) is 14.4. The second-order valence-corrected chi connectivity index (χ2v) is 27.5. The van der Waals surface area contributed by atoms with E-state index in [9.17, 15) is 43.2 Å². The van der Waals surface area contributed by atoms with Crippen molar-refractivity contribution in [2.45, 2.75) is 330 Å². The molecule has 5 atom stereocenters. The minimum Gasteiger partial charge on any atom is -0.462 e. The van der Waals surface area contributed by atoms with E-state index in [1.165, 1.54) is 116 Å². The second-order valence-electron chi connectivity index (χ2n) is 24.6. The Morgan fingerprint density at radius 3 is 0.819 bits per heavy atom. The largest absolute Gasteiger partial charge is 0.472 e. The molecule has 0 saturated heterocycles. The van der Waals surface area contributed by atoms with Gasteiger partial charge in [0.1, 0.15) is 19.3 Å². The average Bonchev–Trinajstić information content (AvgIpc) is 3.45. The highest BCUT2D eigenvalue weighted by Crippen LogP contribution is 2.45. The fourth-order valence-electron chi connectivity index (χ4n) is 9.48. The zero-order valence-corrected chi connectivity index (χ0v) is 55.4. The number of ether oxygens (including phenoxy) is 4. The molecule has 0 bridgehead atoms. The molecule has 0 aliphatic heterocycles. The third-order valence-electron chi connectivity index (χ3n) is 14.6. The Balaban J connectivity index is 5.22. The summed E-state index contributed by atoms with van der Waals surface area (Å²) in [7, 11) is -9.89. The predicted molar refractivity (Wildman–Crippen MR) is 331 cm³/mol. The van der Waals surface area contributed by atoms with E-state index in [-0.39, 0.29) is 25.7 Å². The van der Waals surface area contributed by atoms with Gasteiger partial charge in [0.05, 0.1) is 26.4 Å². The van der Waals surface area contributed by atoms with Crippen molar-refractivity contribution in [3.8, 4) is 0 Å². The lowest BCUT2D eigenvalue weighted by Gasteiger charge is -2.21. The Labute approximate surface area is 505 Å². The molecule has 0 amide bonds. The van der Waals surface area contributed by atoms with Crippen LogP contribution < -0.4 is 0 Å². The Morgan fingerprint density at radius 2 is 0.554 bits per heavy atom. The smallest absolute Gasteiger partial charge is 0.462 e. The van der Waals surface area contributed by atoms with Gasteiger partial charge in [0.15, 0.2) is 12.2 Å². The monoisotopic (exact) mass is 1230 g/mol. The van der Waals surface area contributed by atoms with Crippen molar-refractivity contribution in [3.05, 3.63) is 0 Å². The lowest BCUT2D eigenvalue weighted by molar-refractivity contribution is -0.161. The third kappa shape index (κ3) is 58.8. The molecule has 19 heteroatoms. The number of carbonyl (C=O) groups excluding carboxylic acids is 4. The van der Waals surface area contributed by atoms with Gasteiger partial charge in [0.25, 0.3) is 0 Å². The van der Waals surface area contributed by atoms with Gasteiger partial charge >= 0.3 is 39.5 Å². The molecular weight excluding hydrogens is 1100 g/mol. The Bertz CT molecular complexity index is 1650. The van der Waals surface area contributed by atoms with E-state index in [1.54, 1.807) is 0 Å². The fraction of sp³-hybridized carbons (Fsp3) is 0.938. The number of aliphatic hydroxyl groups excluding tert-OH is 1. The first-order valence-electron chi connectivity index (χ1n) is 33.3. The zero-order valence-electron chi connectivity index (χ0n) is 53.6. The molecule has 3 N–H and O–H groups in total. The number of carbonyl (C=O) groups is 4. The first-order valence-corrected chi connectivity index (χ1v) is 36.3. The summed E-state index contributed by atoms with van der Waals surface area (Å²) in [5, 5.41) is 10.5. The molecule has 0 aromatic rings. The molecule has 0 aliphatic rings. The maximum Gasteiger partial charge on any atom is 0.472 e. The van der Waals surface area contributed by atoms with Crippen molar-refractivity contribution in [2.75, 3.05) is 39.6 Å². The van der Waals surface area contributed by atoms with Crippen molar-refractivity contribution in [3.63, 3.8) is 0 Å². The number of hydrogen-bond acceptors (Lipinski definition) is 15. The number of hydrogen-bond donors (Lipinski definition) is 3. The Kier molecular flexibility index (Phi) is 54.1. The van der Waals surface area contributed by atoms with Gasteiger partial charge in [-0.05, 0) is 43.4 Å². The molecule has 0 heterocycles. The summed E-state index contributed by atoms with van der Waals surface area (Å²) in [6, 6.07) is 0. The van der Waals surface area contributed by atoms with Crippen LogP contribution in [0, 0.1) is 17.8 Å². The molecule has 0 rings (SSSR count). The number of rotatable bonds is 62. The SMILES string of the molecule is CCCCCCCCCCCC(=O)OC[C@H](COP(=O)(O)OC[C@H](O)COP(=O)(O)OC[C@@H](COC(=O)CCCCCCCCCC(C)C)OC(=O)CCCCCCCCCCCCCCC(C)C)OC(=O)CCCCCCCCC(C)C. The molecule has 0 saturated carbocycles. The summed E-state index contributed by atoms with van der Waals surface area (Å²) < 4.78 is 67.9. The van der Waals surface area contributed by atoms with Gasteiger partial charge in [-0.3, -0.25) is 37.3 Å². The van der Waals surface area contributed by atoms with E-state index in [0.29, 0.717) is 37.5 Å². The second kappa shape index (κ2) is 55.4. The molecule has 17 nitrogen and oxygen atoms in total. The lowest BCUT2D eigenvalue weighted by Crippen LogP contribution is -2.30. The lowest BCUT2D eigenvalue weighted by atomic mass is 10.0. The van der Waals surface area contributed by atoms with Gasteiger partial charge in [-0.15, -0.1) is 0 Å². The van der Waals surface area contributed by atoms with Gasteiger partial charge in [-0.1, -0.05) is 260 Å². The van der Waals surface area contributed by atoms with Crippen molar-refractivity contribution >= 4 is 39.5 Å². The van der Waals surface area contributed by atoms with Gasteiger partial charge in [-0.2, -0.15) is 0 Å². The highest BCUT2D eigenvalue weighted by molar-refractivity contribution is 7.47. The van der Waals surface area contributed by atoms with Crippen LogP contribution >= 0.6 is 15.6 Å². The van der Waals surface area contributed by atoms with Crippen LogP contribution in [0.5, 0.6) is 0 Å². The van der Waals surface area contributed by atoms with Crippen LogP contribution in [0.3, 0.4) is 0 Å². The van der Waals surface area contributed by atoms with Crippen molar-refractivity contribution in [2.24, 2.45) is 17.8 Å². The average molecular weight is 1230 g/mol. The molecule has 0 aliphatic carbocycles. The molecule has 2 unspecified atom stereocenters. The molecule has 0 radical (unpaired) electrons. The van der Waals surface area contributed by atoms with Crippen molar-refractivity contribution in [1.29, 1.82) is 0 Å². The van der Waals surface area contributed by atoms with E-state index in [0.717, 1.165) is 102 Å². The number of phosphoric acid groups is 2. The first-order chi connectivity index (χ1) is 39.7. The standard InChI is InChI=1S/C64H124O17P2/c1-8-9-10-11-12-17-23-31-38-45-61(66)74-52-60(81-64(69)48-41-34-27-26-30-37-44-57(6)7)54-79-83(72,73)77-50-58(65)49-76-82(70,71)78-53-59(51-75-62(67)46-39-32-25-20-22-29-36-43-56(4)5)80-63(68)47-40-33-24-19-16-14-13-15-18-21-28-35-42-55(2)3/h55-60,65H,8-54H2,1-7H3,(H,70,71)(H,72,73)/t58-,59-,60-/m1/s1. The number of phosphoric ester groups is 2. The quantitative estimate of drug-likeness (QED) is 0.0222. The van der Waals surface area contributed by atoms with E-state index in [4.69, 9.17) is 37.0 Å². The highest BCUT2D eigenvalue weighted by Gasteiger charge is 2.30. The summed E-state index contributed by atoms with van der Waals surface area (Å²) in [6.07, 6.45) is 36.4. The van der Waals surface area contributed by atoms with E-state index < -0.39 is 97.5 Å². The van der Waals surface area contributed by atoms with E-state index >= 15 is 0 Å². The Morgan fingerprint density at radius 1 is 0.325 bits per heavy atom. The number of esters is 4. The molecule has 492 valence electrons. The van der Waals surface area contributed by atoms with Crippen LogP contribution in [0.1, 0.15) is 312 Å². The molecular formula is C64H124O17P2. The number of unbranched alkanes of at least 4 members (excludes halogenated alkanes) is 30. The van der Waals surface area contributed by atoms with Gasteiger partial charge in [-0.25, -0.2) is 9.13 Å². The summed E-state index contributed by atoms with van der Waals surface area (Å²) in [5.41, 5.74) is 0. The van der Waals surface area contributed by atoms with Crippen LogP contribution in [-0.4, -0.2) is 96.7 Å². The van der Waals surface area contributed by atoms with Gasteiger partial charge < -0.3 is 33.8 Å². The van der Waals surface area contributed by atoms with Gasteiger partial charge in [0, 0.05) is 25.7 Å². The fourth-order valence-corrected chi connectivity index (χ4v) is 11.1. The van der Waals surface area contributed by atoms with Crippen LogP contribution in [0.2, 0.25) is 0 Å². The van der Waals surface area contributed by atoms with Crippen LogP contribution in [0.15, 0.2) is 0 Å². The Hall–Kier alpha value is -1.94. The topological polar surface area (TPSA) is 237 Å². The summed E-state index contributed by atoms with van der Waals surface area (Å²) in [6.45, 7) is 11.6. The highest BCUT2D eigenvalue weighted by atomic mass is 31.2. The van der Waals surface area contributed by atoms with Gasteiger partial charge in [0.2, 0.25) is 0 Å². The maximum atomic E-state index is 13.0.